The van der Waals surface area contributed by atoms with Crippen LogP contribution in [0.3, 0.4) is 0 Å². The van der Waals surface area contributed by atoms with Crippen molar-refractivity contribution < 1.29 is 9.90 Å². The van der Waals surface area contributed by atoms with E-state index in [0.717, 1.165) is 16.7 Å². The van der Waals surface area contributed by atoms with Crippen molar-refractivity contribution in [3.8, 4) is 0 Å². The number of aliphatic hydroxyl groups is 1. The molecule has 0 spiro atoms. The number of rotatable bonds is 4. The highest BCUT2D eigenvalue weighted by molar-refractivity contribution is 6.35. The van der Waals surface area contributed by atoms with Gasteiger partial charge in [0.05, 0.1) is 11.6 Å². The van der Waals surface area contributed by atoms with Gasteiger partial charge in [-0.05, 0) is 54.7 Å². The predicted molar refractivity (Wildman–Crippen MR) is 102 cm³/mol. The molecule has 26 heavy (non-hydrogen) atoms. The average Bonchev–Trinajstić information content (AvgIpc) is 2.61. The van der Waals surface area contributed by atoms with Gasteiger partial charge in [0.15, 0.2) is 0 Å². The number of amides is 1. The number of hydrogen-bond donors (Lipinski definition) is 3. The van der Waals surface area contributed by atoms with Gasteiger partial charge < -0.3 is 16.2 Å². The third kappa shape index (κ3) is 3.58. The number of pyridine rings is 1. The number of halogens is 2. The second kappa shape index (κ2) is 7.53. The molecule has 2 unspecified atom stereocenters. The molecule has 7 heteroatoms. The van der Waals surface area contributed by atoms with Gasteiger partial charge in [0, 0.05) is 29.3 Å². The van der Waals surface area contributed by atoms with Crippen LogP contribution in [0.25, 0.3) is 0 Å². The zero-order chi connectivity index (χ0) is 18.9. The highest BCUT2D eigenvalue weighted by atomic mass is 35.5. The van der Waals surface area contributed by atoms with Gasteiger partial charge in [-0.3, -0.25) is 9.78 Å². The van der Waals surface area contributed by atoms with Crippen LogP contribution in [0.15, 0.2) is 30.5 Å². The molecule has 2 atom stereocenters. The van der Waals surface area contributed by atoms with Gasteiger partial charge >= 0.3 is 0 Å². The molecule has 138 valence electrons. The number of benzene rings is 1. The van der Waals surface area contributed by atoms with E-state index in [1.54, 1.807) is 18.3 Å². The van der Waals surface area contributed by atoms with Gasteiger partial charge in [-0.2, -0.15) is 0 Å². The predicted octanol–water partition coefficient (Wildman–Crippen LogP) is 3.04. The van der Waals surface area contributed by atoms with Gasteiger partial charge in [-0.1, -0.05) is 29.3 Å². The first-order valence-electron chi connectivity index (χ1n) is 8.46. The molecule has 1 amide bonds. The molecule has 1 aliphatic carbocycles. The Kier molecular flexibility index (Phi) is 5.53. The zero-order valence-electron chi connectivity index (χ0n) is 14.4. The number of carbonyl (C=O) groups excluding carboxylic acids is 1. The van der Waals surface area contributed by atoms with Crippen LogP contribution in [0, 0.1) is 6.92 Å². The van der Waals surface area contributed by atoms with Gasteiger partial charge in [0.25, 0.3) is 0 Å². The molecule has 0 radical (unpaired) electrons. The normalized spacial score (nSPS) is 22.0. The van der Waals surface area contributed by atoms with Crippen LogP contribution in [0.1, 0.15) is 41.1 Å². The Bertz CT molecular complexity index is 820. The minimum atomic E-state index is -1.18. The fraction of sp³-hybridized carbons (Fsp3) is 0.368. The maximum atomic E-state index is 12.8. The number of hydrogen-bond acceptors (Lipinski definition) is 4. The van der Waals surface area contributed by atoms with Crippen molar-refractivity contribution in [1.29, 1.82) is 0 Å². The number of nitrogens with two attached hydrogens (primary N) is 1. The Morgan fingerprint density at radius 1 is 1.46 bits per heavy atom. The summed E-state index contributed by atoms with van der Waals surface area (Å²) in [5.74, 6) is -0.499. The van der Waals surface area contributed by atoms with Crippen molar-refractivity contribution in [3.63, 3.8) is 0 Å². The number of aromatic nitrogens is 1. The van der Waals surface area contributed by atoms with Crippen LogP contribution >= 0.6 is 23.2 Å². The molecule has 0 fully saturated rings. The molecule has 0 bridgehead atoms. The smallest absolute Gasteiger partial charge is 0.227 e. The largest absolute Gasteiger partial charge is 0.382 e. The molecule has 0 saturated carbocycles. The van der Waals surface area contributed by atoms with E-state index in [1.807, 2.05) is 19.1 Å². The van der Waals surface area contributed by atoms with E-state index < -0.39 is 5.60 Å². The summed E-state index contributed by atoms with van der Waals surface area (Å²) in [6.45, 7) is 2.29. The van der Waals surface area contributed by atoms with Gasteiger partial charge in [0.1, 0.15) is 5.60 Å². The number of fused-ring (bicyclic) bond motifs is 1. The summed E-state index contributed by atoms with van der Waals surface area (Å²) >= 11 is 12.2. The molecule has 3 rings (SSSR count). The lowest BCUT2D eigenvalue weighted by atomic mass is 9.76. The summed E-state index contributed by atoms with van der Waals surface area (Å²) in [4.78, 5) is 17.1. The van der Waals surface area contributed by atoms with Crippen LogP contribution < -0.4 is 11.1 Å². The summed E-state index contributed by atoms with van der Waals surface area (Å²) in [6.07, 6.45) is 2.51. The Labute approximate surface area is 162 Å². The van der Waals surface area contributed by atoms with Crippen molar-refractivity contribution in [1.82, 2.24) is 10.3 Å². The molecule has 1 aromatic carbocycles. The van der Waals surface area contributed by atoms with Crippen molar-refractivity contribution in [2.45, 2.75) is 37.8 Å². The van der Waals surface area contributed by atoms with Crippen molar-refractivity contribution >= 4 is 29.1 Å². The highest BCUT2D eigenvalue weighted by Crippen LogP contribution is 2.39. The van der Waals surface area contributed by atoms with Crippen molar-refractivity contribution in [3.05, 3.63) is 62.9 Å². The summed E-state index contributed by atoms with van der Waals surface area (Å²) in [7, 11) is 0. The fourth-order valence-corrected chi connectivity index (χ4v) is 4.13. The van der Waals surface area contributed by atoms with Gasteiger partial charge in [0.2, 0.25) is 5.91 Å². The number of aryl methyl sites for hydroxylation is 1. The minimum absolute atomic E-state index is 0.0743. The summed E-state index contributed by atoms with van der Waals surface area (Å²) in [6, 6.07) is 7.07. The number of nitrogens with one attached hydrogen (secondary N) is 1. The van der Waals surface area contributed by atoms with E-state index >= 15 is 0 Å². The molecule has 5 nitrogen and oxygen atoms in total. The average molecular weight is 394 g/mol. The van der Waals surface area contributed by atoms with E-state index in [9.17, 15) is 9.90 Å². The van der Waals surface area contributed by atoms with E-state index in [4.69, 9.17) is 28.9 Å². The molecule has 4 N–H and O–H groups in total. The lowest BCUT2D eigenvalue weighted by molar-refractivity contribution is -0.123. The molecule has 0 saturated heterocycles. The second-order valence-electron chi connectivity index (χ2n) is 6.67. The summed E-state index contributed by atoms with van der Waals surface area (Å²) < 4.78 is 0. The van der Waals surface area contributed by atoms with Crippen LogP contribution in [-0.2, 0) is 16.9 Å². The van der Waals surface area contributed by atoms with Crippen LogP contribution in [0.2, 0.25) is 10.0 Å². The van der Waals surface area contributed by atoms with Crippen LogP contribution in [0.5, 0.6) is 0 Å². The van der Waals surface area contributed by atoms with Crippen molar-refractivity contribution in [2.75, 3.05) is 6.54 Å². The highest BCUT2D eigenvalue weighted by Gasteiger charge is 2.40. The molecular formula is C19H21Cl2N3O2. The first kappa shape index (κ1) is 19.1. The maximum Gasteiger partial charge on any atom is 0.227 e. The zero-order valence-corrected chi connectivity index (χ0v) is 15.9. The second-order valence-corrected chi connectivity index (χ2v) is 7.51. The van der Waals surface area contributed by atoms with Crippen molar-refractivity contribution in [2.24, 2.45) is 5.73 Å². The van der Waals surface area contributed by atoms with Crippen LogP contribution in [-0.4, -0.2) is 22.5 Å². The van der Waals surface area contributed by atoms with E-state index in [2.05, 4.69) is 10.3 Å². The fourth-order valence-electron chi connectivity index (χ4n) is 3.47. The van der Waals surface area contributed by atoms with Gasteiger partial charge in [-0.15, -0.1) is 0 Å². The first-order valence-corrected chi connectivity index (χ1v) is 9.21. The molecule has 0 aliphatic heterocycles. The van der Waals surface area contributed by atoms with Gasteiger partial charge in [-0.25, -0.2) is 0 Å². The minimum Gasteiger partial charge on any atom is -0.382 e. The van der Waals surface area contributed by atoms with Crippen LogP contribution in [0.4, 0.5) is 0 Å². The standard InChI is InChI=1S/C19H21Cl2N3O2/c1-11-7-12(20)8-16(21)15(11)9-24-18(25)14-4-5-19(26,10-22)17-13(14)3-2-6-23-17/h2-3,6-8,14,26H,4-5,9-10,22H2,1H3,(H,24,25). The third-order valence-corrected chi connectivity index (χ3v) is 5.53. The topological polar surface area (TPSA) is 88.2 Å². The summed E-state index contributed by atoms with van der Waals surface area (Å²) in [5.41, 5.74) is 7.54. The SMILES string of the molecule is Cc1cc(Cl)cc(Cl)c1CNC(=O)C1CCC(O)(CN)c2ncccc21. The quantitative estimate of drug-likeness (QED) is 0.744. The Morgan fingerprint density at radius 3 is 2.92 bits per heavy atom. The molecule has 1 heterocycles. The van der Waals surface area contributed by atoms with E-state index in [0.29, 0.717) is 35.1 Å². The maximum absolute atomic E-state index is 12.8. The number of carbonyl (C=O) groups is 1. The Morgan fingerprint density at radius 2 is 2.23 bits per heavy atom. The molecular weight excluding hydrogens is 373 g/mol. The Hall–Kier alpha value is -1.66. The van der Waals surface area contributed by atoms with E-state index in [-0.39, 0.29) is 18.4 Å². The third-order valence-electron chi connectivity index (χ3n) is 4.98. The first-order chi connectivity index (χ1) is 12.4. The molecule has 1 aromatic heterocycles. The lowest BCUT2D eigenvalue weighted by Crippen LogP contribution is -2.43. The number of nitrogens with zero attached hydrogens (tertiary/aromatic N) is 1. The monoisotopic (exact) mass is 393 g/mol. The molecule has 1 aliphatic rings. The summed E-state index contributed by atoms with van der Waals surface area (Å²) in [5, 5.41) is 14.7. The molecule has 2 aromatic rings. The van der Waals surface area contributed by atoms with E-state index in [1.165, 1.54) is 0 Å². The Balaban J connectivity index is 1.80. The lowest BCUT2D eigenvalue weighted by Gasteiger charge is -2.35.